The van der Waals surface area contributed by atoms with Gasteiger partial charge in [0.2, 0.25) is 5.91 Å². The highest BCUT2D eigenvalue weighted by Gasteiger charge is 2.27. The van der Waals surface area contributed by atoms with Crippen molar-refractivity contribution in [2.75, 3.05) is 19.6 Å². The fourth-order valence-electron chi connectivity index (χ4n) is 1.90. The summed E-state index contributed by atoms with van der Waals surface area (Å²) in [5.74, 6) is -1.19. The van der Waals surface area contributed by atoms with E-state index in [0.717, 1.165) is 13.1 Å². The Balaban J connectivity index is 2.13. The third kappa shape index (κ3) is 5.46. The average Bonchev–Trinajstić information content (AvgIpc) is 3.15. The van der Waals surface area contributed by atoms with E-state index in [2.05, 4.69) is 17.1 Å². The molecule has 4 N–H and O–H groups in total. The quantitative estimate of drug-likeness (QED) is 0.530. The van der Waals surface area contributed by atoms with Crippen molar-refractivity contribution in [1.29, 1.82) is 0 Å². The van der Waals surface area contributed by atoms with Crippen molar-refractivity contribution < 1.29 is 14.7 Å². The van der Waals surface area contributed by atoms with Crippen LogP contribution in [0.5, 0.6) is 0 Å². The Morgan fingerprint density at radius 3 is 2.67 bits per heavy atom. The number of aliphatic carboxylic acids is 1. The molecule has 6 heteroatoms. The minimum absolute atomic E-state index is 0.0717. The summed E-state index contributed by atoms with van der Waals surface area (Å²) in [7, 11) is 0. The number of rotatable bonds is 9. The smallest absolute Gasteiger partial charge is 0.303 e. The molecule has 1 amide bonds. The van der Waals surface area contributed by atoms with Crippen molar-refractivity contribution in [3.05, 3.63) is 0 Å². The molecule has 1 aliphatic rings. The number of nitrogens with zero attached hydrogens (tertiary/aromatic N) is 1. The monoisotopic (exact) mass is 257 g/mol. The normalized spacial score (nSPS) is 16.6. The number of hydrogen-bond donors (Lipinski definition) is 3. The first-order chi connectivity index (χ1) is 8.54. The summed E-state index contributed by atoms with van der Waals surface area (Å²) in [6.45, 7) is 4.51. The van der Waals surface area contributed by atoms with Crippen molar-refractivity contribution in [1.82, 2.24) is 10.2 Å². The first-order valence-corrected chi connectivity index (χ1v) is 6.53. The molecule has 1 fully saturated rings. The second-order valence-electron chi connectivity index (χ2n) is 4.69. The summed E-state index contributed by atoms with van der Waals surface area (Å²) < 4.78 is 0. The minimum Gasteiger partial charge on any atom is -0.481 e. The second kappa shape index (κ2) is 7.33. The first kappa shape index (κ1) is 14.9. The van der Waals surface area contributed by atoms with Crippen molar-refractivity contribution in [3.8, 4) is 0 Å². The van der Waals surface area contributed by atoms with Crippen LogP contribution >= 0.6 is 0 Å². The number of carboxylic acid groups (broad SMARTS) is 1. The Morgan fingerprint density at radius 2 is 2.17 bits per heavy atom. The SMILES string of the molecule is CCN(CCNC(=O)C(N)CCC(=O)O)C1CC1. The van der Waals surface area contributed by atoms with Crippen molar-refractivity contribution in [2.45, 2.75) is 44.7 Å². The van der Waals surface area contributed by atoms with E-state index in [0.29, 0.717) is 12.6 Å². The summed E-state index contributed by atoms with van der Waals surface area (Å²) in [6.07, 6.45) is 2.61. The number of likely N-dealkylation sites (N-methyl/N-ethyl adjacent to an activating group) is 1. The van der Waals surface area contributed by atoms with E-state index in [1.165, 1.54) is 12.8 Å². The molecule has 6 nitrogen and oxygen atoms in total. The zero-order valence-corrected chi connectivity index (χ0v) is 10.9. The summed E-state index contributed by atoms with van der Waals surface area (Å²) >= 11 is 0. The number of nitrogens with two attached hydrogens (primary N) is 1. The lowest BCUT2D eigenvalue weighted by atomic mass is 10.1. The molecular formula is C12H23N3O3. The maximum atomic E-state index is 11.6. The van der Waals surface area contributed by atoms with Crippen LogP contribution in [-0.4, -0.2) is 53.6 Å². The highest BCUT2D eigenvalue weighted by molar-refractivity contribution is 5.82. The molecular weight excluding hydrogens is 234 g/mol. The van der Waals surface area contributed by atoms with Crippen molar-refractivity contribution in [3.63, 3.8) is 0 Å². The highest BCUT2D eigenvalue weighted by Crippen LogP contribution is 2.25. The van der Waals surface area contributed by atoms with E-state index in [9.17, 15) is 9.59 Å². The van der Waals surface area contributed by atoms with Crippen LogP contribution in [0, 0.1) is 0 Å². The van der Waals surface area contributed by atoms with Crippen LogP contribution in [0.2, 0.25) is 0 Å². The van der Waals surface area contributed by atoms with Gasteiger partial charge in [0.1, 0.15) is 0 Å². The van der Waals surface area contributed by atoms with Gasteiger partial charge in [0.05, 0.1) is 6.04 Å². The Kier molecular flexibility index (Phi) is 6.07. The van der Waals surface area contributed by atoms with E-state index >= 15 is 0 Å². The molecule has 0 aromatic carbocycles. The zero-order chi connectivity index (χ0) is 13.5. The Bertz CT molecular complexity index is 292. The fourth-order valence-corrected chi connectivity index (χ4v) is 1.90. The predicted octanol–water partition coefficient (Wildman–Crippen LogP) is -0.221. The van der Waals surface area contributed by atoms with Gasteiger partial charge in [-0.3, -0.25) is 14.5 Å². The zero-order valence-electron chi connectivity index (χ0n) is 10.9. The summed E-state index contributed by atoms with van der Waals surface area (Å²) in [6, 6.07) is -0.0373. The molecule has 104 valence electrons. The molecule has 0 heterocycles. The van der Waals surface area contributed by atoms with Gasteiger partial charge in [-0.05, 0) is 25.8 Å². The summed E-state index contributed by atoms with van der Waals surface area (Å²) in [4.78, 5) is 24.3. The maximum Gasteiger partial charge on any atom is 0.303 e. The standard InChI is InChI=1S/C12H23N3O3/c1-2-15(9-3-4-9)8-7-14-12(18)10(13)5-6-11(16)17/h9-10H,2-8,13H2,1H3,(H,14,18)(H,16,17). The van der Waals surface area contributed by atoms with Gasteiger partial charge in [0.25, 0.3) is 0 Å². The molecule has 1 unspecified atom stereocenters. The van der Waals surface area contributed by atoms with Crippen LogP contribution in [-0.2, 0) is 9.59 Å². The molecule has 18 heavy (non-hydrogen) atoms. The number of amides is 1. The molecule has 0 spiro atoms. The van der Waals surface area contributed by atoms with Crippen molar-refractivity contribution in [2.24, 2.45) is 5.73 Å². The molecule has 0 bridgehead atoms. The van der Waals surface area contributed by atoms with Gasteiger partial charge in [-0.25, -0.2) is 0 Å². The molecule has 1 rings (SSSR count). The Morgan fingerprint density at radius 1 is 1.50 bits per heavy atom. The number of hydrogen-bond acceptors (Lipinski definition) is 4. The first-order valence-electron chi connectivity index (χ1n) is 6.53. The van der Waals surface area contributed by atoms with Crippen LogP contribution in [0.25, 0.3) is 0 Å². The van der Waals surface area contributed by atoms with E-state index in [1.54, 1.807) is 0 Å². The predicted molar refractivity (Wildman–Crippen MR) is 68.1 cm³/mol. The molecule has 0 saturated heterocycles. The van der Waals surface area contributed by atoms with E-state index in [1.807, 2.05) is 0 Å². The van der Waals surface area contributed by atoms with Crippen LogP contribution in [0.4, 0.5) is 0 Å². The lowest BCUT2D eigenvalue weighted by Gasteiger charge is -2.20. The lowest BCUT2D eigenvalue weighted by Crippen LogP contribution is -2.44. The topological polar surface area (TPSA) is 95.7 Å². The molecule has 1 atom stereocenters. The van der Waals surface area contributed by atoms with Gasteiger partial charge in [-0.15, -0.1) is 0 Å². The minimum atomic E-state index is -0.927. The molecule has 1 aliphatic carbocycles. The fraction of sp³-hybridized carbons (Fsp3) is 0.833. The van der Waals surface area contributed by atoms with Crippen LogP contribution in [0.15, 0.2) is 0 Å². The maximum absolute atomic E-state index is 11.6. The number of carbonyl (C=O) groups is 2. The number of nitrogens with one attached hydrogen (secondary N) is 1. The van der Waals surface area contributed by atoms with Gasteiger partial charge in [-0.2, -0.15) is 0 Å². The van der Waals surface area contributed by atoms with Gasteiger partial charge < -0.3 is 16.2 Å². The van der Waals surface area contributed by atoms with Gasteiger partial charge in [-0.1, -0.05) is 6.92 Å². The second-order valence-corrected chi connectivity index (χ2v) is 4.69. The average molecular weight is 257 g/mol. The molecule has 0 radical (unpaired) electrons. The van der Waals surface area contributed by atoms with E-state index in [-0.39, 0.29) is 18.7 Å². The largest absolute Gasteiger partial charge is 0.481 e. The molecule has 0 aliphatic heterocycles. The molecule has 1 saturated carbocycles. The van der Waals surface area contributed by atoms with E-state index in [4.69, 9.17) is 10.8 Å². The van der Waals surface area contributed by atoms with Crippen molar-refractivity contribution >= 4 is 11.9 Å². The lowest BCUT2D eigenvalue weighted by molar-refractivity contribution is -0.137. The van der Waals surface area contributed by atoms with Gasteiger partial charge in [0.15, 0.2) is 0 Å². The molecule has 0 aromatic rings. The summed E-state index contributed by atoms with van der Waals surface area (Å²) in [5, 5.41) is 11.3. The van der Waals surface area contributed by atoms with Crippen LogP contribution < -0.4 is 11.1 Å². The third-order valence-corrected chi connectivity index (χ3v) is 3.17. The Hall–Kier alpha value is -1.14. The van der Waals surface area contributed by atoms with Gasteiger partial charge in [0, 0.05) is 25.6 Å². The number of carboxylic acids is 1. The number of carbonyl (C=O) groups excluding carboxylic acids is 1. The van der Waals surface area contributed by atoms with Crippen LogP contribution in [0.1, 0.15) is 32.6 Å². The van der Waals surface area contributed by atoms with E-state index < -0.39 is 12.0 Å². The summed E-state index contributed by atoms with van der Waals surface area (Å²) in [5.41, 5.74) is 5.60. The van der Waals surface area contributed by atoms with Gasteiger partial charge >= 0.3 is 5.97 Å². The Labute approximate surface area is 108 Å². The highest BCUT2D eigenvalue weighted by atomic mass is 16.4. The third-order valence-electron chi connectivity index (χ3n) is 3.17. The molecule has 0 aromatic heterocycles. The van der Waals surface area contributed by atoms with Crippen LogP contribution in [0.3, 0.4) is 0 Å².